The quantitative estimate of drug-likeness (QED) is 0.679. The largest absolute Gasteiger partial charge is 0.454 e. The number of fused-ring (bicyclic) bond motifs is 1. The summed E-state index contributed by atoms with van der Waals surface area (Å²) in [4.78, 5) is 47.0. The number of urea groups is 1. The van der Waals surface area contributed by atoms with Gasteiger partial charge < -0.3 is 15.4 Å². The minimum absolute atomic E-state index is 0.396. The summed E-state index contributed by atoms with van der Waals surface area (Å²) in [6, 6.07) is 12.1. The van der Waals surface area contributed by atoms with E-state index in [1.165, 1.54) is 0 Å². The van der Waals surface area contributed by atoms with Gasteiger partial charge in [0.1, 0.15) is 6.54 Å². The summed E-state index contributed by atoms with van der Waals surface area (Å²) >= 11 is 0. The van der Waals surface area contributed by atoms with Crippen LogP contribution in [0.5, 0.6) is 0 Å². The minimum atomic E-state index is -0.791. The predicted molar refractivity (Wildman–Crippen MR) is 104 cm³/mol. The molecule has 0 aliphatic heterocycles. The van der Waals surface area contributed by atoms with Crippen molar-refractivity contribution in [3.05, 3.63) is 48.0 Å². The Balaban J connectivity index is 1.76. The number of esters is 1. The van der Waals surface area contributed by atoms with Crippen LogP contribution in [0.4, 0.5) is 4.79 Å². The topological polar surface area (TPSA) is 114 Å². The third kappa shape index (κ3) is 6.71. The molecular formula is C20H23N3O5. The van der Waals surface area contributed by atoms with Crippen LogP contribution in [0.15, 0.2) is 42.5 Å². The Hall–Kier alpha value is -3.42. The van der Waals surface area contributed by atoms with Gasteiger partial charge in [0.15, 0.2) is 6.61 Å². The maximum Gasteiger partial charge on any atom is 0.325 e. The molecule has 2 aromatic rings. The molecule has 0 aliphatic rings. The number of ether oxygens (including phenoxy) is 1. The zero-order chi connectivity index (χ0) is 20.7. The molecule has 4 amide bonds. The molecule has 0 saturated carbocycles. The van der Waals surface area contributed by atoms with Crippen LogP contribution in [0.3, 0.4) is 0 Å². The van der Waals surface area contributed by atoms with Gasteiger partial charge in [-0.3, -0.25) is 19.7 Å². The van der Waals surface area contributed by atoms with Crippen LogP contribution in [0.1, 0.15) is 31.1 Å². The molecule has 28 heavy (non-hydrogen) atoms. The van der Waals surface area contributed by atoms with Crippen molar-refractivity contribution in [2.75, 3.05) is 13.2 Å². The zero-order valence-electron chi connectivity index (χ0n) is 16.0. The Kier molecular flexibility index (Phi) is 6.70. The number of benzene rings is 2. The van der Waals surface area contributed by atoms with Gasteiger partial charge in [-0.25, -0.2) is 4.79 Å². The predicted octanol–water partition coefficient (Wildman–Crippen LogP) is 1.74. The third-order valence-corrected chi connectivity index (χ3v) is 3.51. The van der Waals surface area contributed by atoms with Crippen LogP contribution >= 0.6 is 0 Å². The maximum absolute atomic E-state index is 12.2. The van der Waals surface area contributed by atoms with Gasteiger partial charge in [0, 0.05) is 11.1 Å². The van der Waals surface area contributed by atoms with E-state index in [9.17, 15) is 19.2 Å². The molecule has 0 saturated heterocycles. The molecule has 0 radical (unpaired) electrons. The average molecular weight is 385 g/mol. The van der Waals surface area contributed by atoms with Crippen LogP contribution in [0.25, 0.3) is 10.8 Å². The van der Waals surface area contributed by atoms with Crippen LogP contribution < -0.4 is 16.0 Å². The summed E-state index contributed by atoms with van der Waals surface area (Å²) in [5, 5.41) is 8.93. The second kappa shape index (κ2) is 8.98. The molecular weight excluding hydrogens is 362 g/mol. The number of carbonyl (C=O) groups is 4. The number of hydrogen-bond donors (Lipinski definition) is 3. The van der Waals surface area contributed by atoms with E-state index in [1.54, 1.807) is 32.9 Å². The summed E-state index contributed by atoms with van der Waals surface area (Å²) in [5.41, 5.74) is -0.100. The number of imide groups is 1. The standard InChI is InChI=1S/C20H23N3O5/c1-20(2,3)23-19(27)22-16(24)12-28-17(25)11-21-18(26)15-9-8-13-6-4-5-7-14(13)10-15/h4-10H,11-12H2,1-3H3,(H,21,26)(H2,22,23,24,27). The molecule has 0 aliphatic carbocycles. The highest BCUT2D eigenvalue weighted by Gasteiger charge is 2.17. The van der Waals surface area contributed by atoms with Gasteiger partial charge in [0.2, 0.25) is 0 Å². The molecule has 0 bridgehead atoms. The minimum Gasteiger partial charge on any atom is -0.454 e. The lowest BCUT2D eigenvalue weighted by molar-refractivity contribution is -0.147. The summed E-state index contributed by atoms with van der Waals surface area (Å²) < 4.78 is 4.75. The van der Waals surface area contributed by atoms with Crippen molar-refractivity contribution in [1.82, 2.24) is 16.0 Å². The summed E-state index contributed by atoms with van der Waals surface area (Å²) in [6.07, 6.45) is 0. The van der Waals surface area contributed by atoms with E-state index in [-0.39, 0.29) is 0 Å². The average Bonchev–Trinajstić information content (AvgIpc) is 2.62. The monoisotopic (exact) mass is 385 g/mol. The zero-order valence-corrected chi connectivity index (χ0v) is 16.0. The van der Waals surface area contributed by atoms with Gasteiger partial charge in [-0.15, -0.1) is 0 Å². The fraction of sp³-hybridized carbons (Fsp3) is 0.300. The first-order valence-electron chi connectivity index (χ1n) is 8.69. The highest BCUT2D eigenvalue weighted by Crippen LogP contribution is 2.15. The molecule has 8 heteroatoms. The Labute approximate surface area is 162 Å². The highest BCUT2D eigenvalue weighted by molar-refractivity contribution is 6.00. The molecule has 0 atom stereocenters. The van der Waals surface area contributed by atoms with Crippen molar-refractivity contribution < 1.29 is 23.9 Å². The van der Waals surface area contributed by atoms with E-state index < -0.39 is 42.5 Å². The van der Waals surface area contributed by atoms with Gasteiger partial charge in [0.05, 0.1) is 0 Å². The fourth-order valence-corrected chi connectivity index (χ4v) is 2.32. The van der Waals surface area contributed by atoms with E-state index in [0.29, 0.717) is 5.56 Å². The molecule has 3 N–H and O–H groups in total. The van der Waals surface area contributed by atoms with Gasteiger partial charge in [-0.05, 0) is 43.7 Å². The lowest BCUT2D eigenvalue weighted by Crippen LogP contribution is -2.49. The van der Waals surface area contributed by atoms with Gasteiger partial charge in [-0.1, -0.05) is 30.3 Å². The second-order valence-electron chi connectivity index (χ2n) is 7.16. The van der Waals surface area contributed by atoms with Crippen LogP contribution in [-0.4, -0.2) is 42.5 Å². The van der Waals surface area contributed by atoms with Crippen LogP contribution in [-0.2, 0) is 14.3 Å². The molecule has 148 valence electrons. The first-order valence-corrected chi connectivity index (χ1v) is 8.69. The van der Waals surface area contributed by atoms with Gasteiger partial charge in [-0.2, -0.15) is 0 Å². The Morgan fingerprint density at radius 1 is 0.964 bits per heavy atom. The first kappa shape index (κ1) is 20.9. The molecule has 2 aromatic carbocycles. The van der Waals surface area contributed by atoms with Crippen molar-refractivity contribution in [1.29, 1.82) is 0 Å². The molecule has 0 fully saturated rings. The van der Waals surface area contributed by atoms with E-state index in [0.717, 1.165) is 10.8 Å². The summed E-state index contributed by atoms with van der Waals surface area (Å²) in [5.74, 6) is -1.99. The molecule has 0 unspecified atom stereocenters. The lowest BCUT2D eigenvalue weighted by Gasteiger charge is -2.20. The van der Waals surface area contributed by atoms with Crippen LogP contribution in [0, 0.1) is 0 Å². The Morgan fingerprint density at radius 2 is 1.64 bits per heavy atom. The van der Waals surface area contributed by atoms with Crippen molar-refractivity contribution >= 4 is 34.6 Å². The molecule has 8 nitrogen and oxygen atoms in total. The molecule has 2 rings (SSSR count). The lowest BCUT2D eigenvalue weighted by atomic mass is 10.1. The van der Waals surface area contributed by atoms with E-state index >= 15 is 0 Å². The smallest absolute Gasteiger partial charge is 0.325 e. The van der Waals surface area contributed by atoms with Crippen molar-refractivity contribution in [2.45, 2.75) is 26.3 Å². The third-order valence-electron chi connectivity index (χ3n) is 3.51. The highest BCUT2D eigenvalue weighted by atomic mass is 16.5. The van der Waals surface area contributed by atoms with E-state index in [1.807, 2.05) is 35.6 Å². The molecule has 0 aromatic heterocycles. The second-order valence-corrected chi connectivity index (χ2v) is 7.16. The van der Waals surface area contributed by atoms with Crippen molar-refractivity contribution in [3.8, 4) is 0 Å². The number of amides is 4. The summed E-state index contributed by atoms with van der Waals surface area (Å²) in [6.45, 7) is 4.26. The normalized spacial score (nSPS) is 10.8. The SMILES string of the molecule is CC(C)(C)NC(=O)NC(=O)COC(=O)CNC(=O)c1ccc2ccccc2c1. The maximum atomic E-state index is 12.2. The molecule has 0 spiro atoms. The Morgan fingerprint density at radius 3 is 2.32 bits per heavy atom. The number of carbonyl (C=O) groups excluding carboxylic acids is 4. The number of nitrogens with one attached hydrogen (secondary N) is 3. The fourth-order valence-electron chi connectivity index (χ4n) is 2.32. The van der Waals surface area contributed by atoms with Crippen LogP contribution in [0.2, 0.25) is 0 Å². The van der Waals surface area contributed by atoms with Gasteiger partial charge in [0.25, 0.3) is 11.8 Å². The Bertz CT molecular complexity index is 902. The first-order chi connectivity index (χ1) is 13.1. The van der Waals surface area contributed by atoms with Crippen molar-refractivity contribution in [2.24, 2.45) is 0 Å². The molecule has 0 heterocycles. The van der Waals surface area contributed by atoms with Crippen molar-refractivity contribution in [3.63, 3.8) is 0 Å². The van der Waals surface area contributed by atoms with E-state index in [4.69, 9.17) is 4.74 Å². The number of hydrogen-bond acceptors (Lipinski definition) is 5. The summed E-state index contributed by atoms with van der Waals surface area (Å²) in [7, 11) is 0. The number of rotatable bonds is 5. The van der Waals surface area contributed by atoms with E-state index in [2.05, 4.69) is 10.6 Å². The van der Waals surface area contributed by atoms with Gasteiger partial charge >= 0.3 is 12.0 Å².